The van der Waals surface area contributed by atoms with Crippen LogP contribution in [0.4, 0.5) is 0 Å². The first-order chi connectivity index (χ1) is 5.77. The SMILES string of the molecule is CCN[C@@H]1CCC(OC)OC1C. The molecule has 0 aromatic rings. The third-order valence-corrected chi connectivity index (χ3v) is 2.38. The smallest absolute Gasteiger partial charge is 0.157 e. The molecule has 72 valence electrons. The van der Waals surface area contributed by atoms with Gasteiger partial charge >= 0.3 is 0 Å². The van der Waals surface area contributed by atoms with Crippen molar-refractivity contribution < 1.29 is 9.47 Å². The van der Waals surface area contributed by atoms with Crippen LogP contribution >= 0.6 is 0 Å². The fourth-order valence-corrected chi connectivity index (χ4v) is 1.66. The van der Waals surface area contributed by atoms with Crippen LogP contribution in [0.1, 0.15) is 26.7 Å². The van der Waals surface area contributed by atoms with Crippen LogP contribution < -0.4 is 5.32 Å². The summed E-state index contributed by atoms with van der Waals surface area (Å²) in [5.74, 6) is 0. The minimum Gasteiger partial charge on any atom is -0.356 e. The zero-order valence-corrected chi connectivity index (χ0v) is 8.17. The Hall–Kier alpha value is -0.120. The summed E-state index contributed by atoms with van der Waals surface area (Å²) in [5, 5.41) is 3.40. The van der Waals surface area contributed by atoms with Crippen LogP contribution in [0, 0.1) is 0 Å². The summed E-state index contributed by atoms with van der Waals surface area (Å²) in [4.78, 5) is 0. The second-order valence-electron chi connectivity index (χ2n) is 3.25. The summed E-state index contributed by atoms with van der Waals surface area (Å²) in [6, 6.07) is 0.501. The highest BCUT2D eigenvalue weighted by molar-refractivity contribution is 4.78. The summed E-state index contributed by atoms with van der Waals surface area (Å²) >= 11 is 0. The van der Waals surface area contributed by atoms with Gasteiger partial charge in [0.15, 0.2) is 6.29 Å². The van der Waals surface area contributed by atoms with E-state index >= 15 is 0 Å². The predicted molar refractivity (Wildman–Crippen MR) is 48.0 cm³/mol. The summed E-state index contributed by atoms with van der Waals surface area (Å²) in [5.41, 5.74) is 0. The molecule has 3 nitrogen and oxygen atoms in total. The summed E-state index contributed by atoms with van der Waals surface area (Å²) in [7, 11) is 1.70. The molecule has 0 bridgehead atoms. The zero-order valence-electron chi connectivity index (χ0n) is 8.17. The van der Waals surface area contributed by atoms with Gasteiger partial charge in [0, 0.05) is 13.2 Å². The lowest BCUT2D eigenvalue weighted by atomic mass is 10.0. The number of rotatable bonds is 3. The molecule has 1 saturated heterocycles. The number of nitrogens with one attached hydrogen (secondary N) is 1. The number of hydrogen-bond acceptors (Lipinski definition) is 3. The minimum absolute atomic E-state index is 0.00917. The summed E-state index contributed by atoms with van der Waals surface area (Å²) < 4.78 is 10.8. The lowest BCUT2D eigenvalue weighted by Gasteiger charge is -2.34. The predicted octanol–water partition coefficient (Wildman–Crippen LogP) is 1.14. The standard InChI is InChI=1S/C9H19NO2/c1-4-10-8-5-6-9(11-3)12-7(8)2/h7-10H,4-6H2,1-3H3/t7?,8-,9?/m1/s1. The molecule has 1 fully saturated rings. The van der Waals surface area contributed by atoms with Gasteiger partial charge in [-0.15, -0.1) is 0 Å². The Kier molecular flexibility index (Phi) is 3.98. The van der Waals surface area contributed by atoms with Crippen molar-refractivity contribution >= 4 is 0 Å². The van der Waals surface area contributed by atoms with Crippen molar-refractivity contribution in [3.63, 3.8) is 0 Å². The van der Waals surface area contributed by atoms with Crippen molar-refractivity contribution in [1.29, 1.82) is 0 Å². The van der Waals surface area contributed by atoms with Crippen molar-refractivity contribution in [2.45, 2.75) is 45.1 Å². The van der Waals surface area contributed by atoms with E-state index in [0.29, 0.717) is 6.04 Å². The molecule has 0 spiro atoms. The first-order valence-electron chi connectivity index (χ1n) is 4.69. The maximum Gasteiger partial charge on any atom is 0.157 e. The fourth-order valence-electron chi connectivity index (χ4n) is 1.66. The first kappa shape index (κ1) is 9.96. The summed E-state index contributed by atoms with van der Waals surface area (Å²) in [6.07, 6.45) is 2.42. The molecule has 3 atom stereocenters. The molecule has 1 aliphatic rings. The van der Waals surface area contributed by atoms with Gasteiger partial charge in [0.25, 0.3) is 0 Å². The third-order valence-electron chi connectivity index (χ3n) is 2.38. The van der Waals surface area contributed by atoms with Gasteiger partial charge in [-0.3, -0.25) is 0 Å². The molecule has 0 amide bonds. The molecular formula is C9H19NO2. The van der Waals surface area contributed by atoms with Crippen LogP contribution in [0.5, 0.6) is 0 Å². The van der Waals surface area contributed by atoms with Crippen molar-refractivity contribution in [3.05, 3.63) is 0 Å². The Morgan fingerprint density at radius 1 is 1.50 bits per heavy atom. The molecule has 12 heavy (non-hydrogen) atoms. The topological polar surface area (TPSA) is 30.5 Å². The van der Waals surface area contributed by atoms with Gasteiger partial charge in [-0.05, 0) is 26.3 Å². The van der Waals surface area contributed by atoms with Gasteiger partial charge in [-0.1, -0.05) is 6.92 Å². The van der Waals surface area contributed by atoms with E-state index in [0.717, 1.165) is 19.4 Å². The van der Waals surface area contributed by atoms with E-state index in [1.807, 2.05) is 0 Å². The van der Waals surface area contributed by atoms with Crippen LogP contribution in [0.15, 0.2) is 0 Å². The normalized spacial score (nSPS) is 36.8. The highest BCUT2D eigenvalue weighted by Gasteiger charge is 2.26. The van der Waals surface area contributed by atoms with Gasteiger partial charge in [-0.2, -0.15) is 0 Å². The fraction of sp³-hybridized carbons (Fsp3) is 1.00. The van der Waals surface area contributed by atoms with Crippen molar-refractivity contribution in [1.82, 2.24) is 5.32 Å². The van der Waals surface area contributed by atoms with E-state index < -0.39 is 0 Å². The molecule has 2 unspecified atom stereocenters. The molecule has 1 heterocycles. The third kappa shape index (κ3) is 2.44. The highest BCUT2D eigenvalue weighted by Crippen LogP contribution is 2.19. The van der Waals surface area contributed by atoms with Crippen molar-refractivity contribution in [3.8, 4) is 0 Å². The quantitative estimate of drug-likeness (QED) is 0.694. The molecular weight excluding hydrogens is 154 g/mol. The number of hydrogen-bond donors (Lipinski definition) is 1. The van der Waals surface area contributed by atoms with E-state index in [1.54, 1.807) is 7.11 Å². The molecule has 0 radical (unpaired) electrons. The second-order valence-corrected chi connectivity index (χ2v) is 3.25. The van der Waals surface area contributed by atoms with Gasteiger partial charge in [0.1, 0.15) is 0 Å². The maximum absolute atomic E-state index is 5.62. The second kappa shape index (κ2) is 4.80. The van der Waals surface area contributed by atoms with Gasteiger partial charge in [-0.25, -0.2) is 0 Å². The average Bonchev–Trinajstić information content (AvgIpc) is 2.09. The molecule has 3 heteroatoms. The molecule has 1 N–H and O–H groups in total. The highest BCUT2D eigenvalue weighted by atomic mass is 16.7. The van der Waals surface area contributed by atoms with Crippen LogP contribution in [-0.4, -0.2) is 32.1 Å². The molecule has 0 saturated carbocycles. The Balaban J connectivity index is 2.31. The minimum atomic E-state index is 0.00917. The molecule has 0 aromatic heterocycles. The number of likely N-dealkylation sites (N-methyl/N-ethyl adjacent to an activating group) is 1. The molecule has 1 aliphatic heterocycles. The molecule has 0 aliphatic carbocycles. The lowest BCUT2D eigenvalue weighted by molar-refractivity contribution is -0.183. The Morgan fingerprint density at radius 3 is 2.75 bits per heavy atom. The van der Waals surface area contributed by atoms with E-state index in [-0.39, 0.29) is 12.4 Å². The monoisotopic (exact) mass is 173 g/mol. The van der Waals surface area contributed by atoms with Gasteiger partial charge < -0.3 is 14.8 Å². The Morgan fingerprint density at radius 2 is 2.25 bits per heavy atom. The largest absolute Gasteiger partial charge is 0.356 e. The van der Waals surface area contributed by atoms with E-state index in [4.69, 9.17) is 9.47 Å². The van der Waals surface area contributed by atoms with Gasteiger partial charge in [0.05, 0.1) is 6.10 Å². The number of ether oxygens (including phenoxy) is 2. The summed E-state index contributed by atoms with van der Waals surface area (Å²) in [6.45, 7) is 5.23. The van der Waals surface area contributed by atoms with E-state index in [2.05, 4.69) is 19.2 Å². The zero-order chi connectivity index (χ0) is 8.97. The maximum atomic E-state index is 5.62. The Labute approximate surface area is 74.4 Å². The lowest BCUT2D eigenvalue weighted by Crippen LogP contribution is -2.46. The Bertz CT molecular complexity index is 130. The van der Waals surface area contributed by atoms with E-state index in [1.165, 1.54) is 0 Å². The van der Waals surface area contributed by atoms with Crippen LogP contribution in [0.25, 0.3) is 0 Å². The average molecular weight is 173 g/mol. The van der Waals surface area contributed by atoms with Crippen LogP contribution in [-0.2, 0) is 9.47 Å². The van der Waals surface area contributed by atoms with E-state index in [9.17, 15) is 0 Å². The molecule has 1 rings (SSSR count). The van der Waals surface area contributed by atoms with Crippen LogP contribution in [0.2, 0.25) is 0 Å². The van der Waals surface area contributed by atoms with Crippen LogP contribution in [0.3, 0.4) is 0 Å². The van der Waals surface area contributed by atoms with Crippen molar-refractivity contribution in [2.24, 2.45) is 0 Å². The first-order valence-corrected chi connectivity index (χ1v) is 4.69. The molecule has 0 aromatic carbocycles. The number of methoxy groups -OCH3 is 1. The van der Waals surface area contributed by atoms with Crippen molar-refractivity contribution in [2.75, 3.05) is 13.7 Å². The van der Waals surface area contributed by atoms with Gasteiger partial charge in [0.2, 0.25) is 0 Å².